The number of hydrogen-bond acceptors (Lipinski definition) is 6. The van der Waals surface area contributed by atoms with Gasteiger partial charge in [0.1, 0.15) is 0 Å². The number of quaternary nitrogens is 1. The lowest BCUT2D eigenvalue weighted by molar-refractivity contribution is -0.906. The van der Waals surface area contributed by atoms with Crippen LogP contribution in [0.15, 0.2) is 47.8 Å². The first-order valence-electron chi connectivity index (χ1n) is 17.0. The summed E-state index contributed by atoms with van der Waals surface area (Å²) in [6.07, 6.45) is 5.61. The van der Waals surface area contributed by atoms with Gasteiger partial charge in [0.25, 0.3) is 0 Å². The van der Waals surface area contributed by atoms with Crippen LogP contribution in [-0.4, -0.2) is 69.3 Å². The molecular formula is C37H47F3N5O3+. The quantitative estimate of drug-likeness (QED) is 0.292. The summed E-state index contributed by atoms with van der Waals surface area (Å²) >= 11 is 0. The summed E-state index contributed by atoms with van der Waals surface area (Å²) < 4.78 is 32.5. The number of piperidine rings is 1. The van der Waals surface area contributed by atoms with E-state index < -0.39 is 12.0 Å². The van der Waals surface area contributed by atoms with E-state index in [9.17, 15) is 27.9 Å². The Kier molecular flexibility index (Phi) is 11.0. The minimum Gasteiger partial charge on any atom is -0.393 e. The summed E-state index contributed by atoms with van der Waals surface area (Å²) in [5, 5.41) is 9.94. The number of likely N-dealkylation sites (tertiary alicyclic amines) is 1. The maximum atomic E-state index is 13.7. The molecule has 1 aliphatic carbocycles. The van der Waals surface area contributed by atoms with Crippen molar-refractivity contribution in [3.8, 4) is 11.3 Å². The number of pyridine rings is 1. The molecule has 2 aromatic heterocycles. The van der Waals surface area contributed by atoms with Crippen LogP contribution < -0.4 is 4.90 Å². The van der Waals surface area contributed by atoms with Gasteiger partial charge in [-0.1, -0.05) is 45.0 Å². The van der Waals surface area contributed by atoms with Crippen LogP contribution in [0.3, 0.4) is 0 Å². The van der Waals surface area contributed by atoms with E-state index in [0.29, 0.717) is 31.4 Å². The molecule has 48 heavy (non-hydrogen) atoms. The lowest BCUT2D eigenvalue weighted by Gasteiger charge is -2.34. The summed E-state index contributed by atoms with van der Waals surface area (Å²) in [6, 6.07) is 10.8. The molecule has 3 aliphatic rings. The van der Waals surface area contributed by atoms with Crippen molar-refractivity contribution in [1.29, 1.82) is 0 Å². The van der Waals surface area contributed by atoms with Gasteiger partial charge >= 0.3 is 6.18 Å². The highest BCUT2D eigenvalue weighted by atomic mass is 19.4. The number of aromatic amines is 1. The lowest BCUT2D eigenvalue weighted by Crippen LogP contribution is -3.13. The molecule has 3 aromatic rings. The van der Waals surface area contributed by atoms with Crippen molar-refractivity contribution in [2.24, 2.45) is 16.3 Å². The molecule has 1 saturated heterocycles. The fourth-order valence-electron chi connectivity index (χ4n) is 6.88. The molecule has 4 heterocycles. The molecule has 3 N–H and O–H groups in total. The van der Waals surface area contributed by atoms with Crippen molar-refractivity contribution in [1.82, 2.24) is 15.0 Å². The van der Waals surface area contributed by atoms with Crippen molar-refractivity contribution < 1.29 is 32.8 Å². The number of nitrogens with one attached hydrogen (secondary N) is 2. The highest BCUT2D eigenvalue weighted by molar-refractivity contribution is 6.41. The Balaban J connectivity index is 0.000000582. The standard InChI is InChI=1S/C34H43N5O2.C3H3F3O/c1-34(2,3)26-8-9-28-25(16-26)17-29-30(37-28)19-31(38-29)33(41)18-24(10-13-39-14-11-27(40)12-15-39)22-4-6-23(7-5-22)32-20-35-21-36-32;1-2(7)3(4,5)6/h4-7,17,20-21,24,26-27,40H,8-16,18-19H2,1-3H3,(H,35,36);1H3/p+1/t24-,26-;/m0./s1. The number of nitrogens with zero attached hydrogens (tertiary/aromatic N) is 3. The molecule has 0 spiro atoms. The van der Waals surface area contributed by atoms with E-state index in [1.165, 1.54) is 28.1 Å². The normalized spacial score (nSPS) is 21.3. The molecule has 1 aromatic carbocycles. The van der Waals surface area contributed by atoms with Gasteiger partial charge in [-0.25, -0.2) is 9.98 Å². The van der Waals surface area contributed by atoms with E-state index in [0.717, 1.165) is 74.4 Å². The maximum Gasteiger partial charge on any atom is 0.449 e. The Labute approximate surface area is 280 Å². The number of rotatable bonds is 8. The van der Waals surface area contributed by atoms with Crippen LogP contribution in [0.1, 0.15) is 88.2 Å². The summed E-state index contributed by atoms with van der Waals surface area (Å²) in [6.45, 7) is 10.5. The van der Waals surface area contributed by atoms with Gasteiger partial charge in [0.05, 0.1) is 61.0 Å². The third-order valence-corrected chi connectivity index (χ3v) is 10.1. The number of aliphatic hydroxyl groups excluding tert-OH is 1. The zero-order chi connectivity index (χ0) is 34.6. The summed E-state index contributed by atoms with van der Waals surface area (Å²) in [5.74, 6) is -0.849. The lowest BCUT2D eigenvalue weighted by atomic mass is 9.71. The number of alkyl halides is 3. The largest absolute Gasteiger partial charge is 0.449 e. The zero-order valence-electron chi connectivity index (χ0n) is 28.3. The predicted molar refractivity (Wildman–Crippen MR) is 179 cm³/mol. The van der Waals surface area contributed by atoms with Crippen molar-refractivity contribution in [2.75, 3.05) is 19.6 Å². The molecule has 11 heteroatoms. The number of benzene rings is 1. The van der Waals surface area contributed by atoms with Crippen LogP contribution in [0.5, 0.6) is 0 Å². The van der Waals surface area contributed by atoms with E-state index in [1.54, 1.807) is 6.33 Å². The highest BCUT2D eigenvalue weighted by Crippen LogP contribution is 2.39. The number of halogens is 3. The Hall–Kier alpha value is -3.70. The Morgan fingerprint density at radius 1 is 1.06 bits per heavy atom. The molecule has 0 saturated carbocycles. The fourth-order valence-corrected chi connectivity index (χ4v) is 6.88. The molecule has 2 atom stereocenters. The van der Waals surface area contributed by atoms with Gasteiger partial charge in [-0.2, -0.15) is 13.2 Å². The van der Waals surface area contributed by atoms with Gasteiger partial charge in [-0.3, -0.25) is 14.6 Å². The van der Waals surface area contributed by atoms with Crippen LogP contribution in [0.25, 0.3) is 11.3 Å². The molecule has 2 aliphatic heterocycles. The Morgan fingerprint density at radius 3 is 2.35 bits per heavy atom. The number of aliphatic imine (C=N–C) groups is 1. The van der Waals surface area contributed by atoms with E-state index in [-0.39, 0.29) is 23.2 Å². The molecule has 1 fully saturated rings. The van der Waals surface area contributed by atoms with Crippen LogP contribution in [0.4, 0.5) is 18.9 Å². The first-order valence-corrected chi connectivity index (χ1v) is 17.0. The number of H-pyrrole nitrogens is 1. The van der Waals surface area contributed by atoms with Crippen molar-refractivity contribution in [2.45, 2.75) is 97.3 Å². The van der Waals surface area contributed by atoms with Gasteiger partial charge in [0, 0.05) is 44.7 Å². The van der Waals surface area contributed by atoms with Crippen LogP contribution in [0, 0.1) is 11.3 Å². The number of imidazole rings is 1. The van der Waals surface area contributed by atoms with Gasteiger partial charge in [-0.05, 0) is 59.3 Å². The monoisotopic (exact) mass is 666 g/mol. The van der Waals surface area contributed by atoms with Crippen LogP contribution in [-0.2, 0) is 28.9 Å². The van der Waals surface area contributed by atoms with Gasteiger partial charge < -0.3 is 15.0 Å². The topological polar surface area (TPSA) is 113 Å². The number of aliphatic hydroxyl groups is 1. The third-order valence-electron chi connectivity index (χ3n) is 10.1. The molecule has 0 amide bonds. The second kappa shape index (κ2) is 14.8. The molecule has 0 radical (unpaired) electrons. The minimum atomic E-state index is -4.64. The summed E-state index contributed by atoms with van der Waals surface area (Å²) in [7, 11) is 0. The number of ketones is 2. The number of hydrogen-bond donors (Lipinski definition) is 3. The SMILES string of the molecule is CC(=O)C(F)(F)F.CC(C)(C)[C@H]1CCc2nc3c(cc2C1)N=C(C(=O)C[C@H](CC[NH+]1CCC(O)CC1)c1ccc(-c2cnc[nH]2)cc1)C3. The predicted octanol–water partition coefficient (Wildman–Crippen LogP) is 5.56. The second-order valence-corrected chi connectivity index (χ2v) is 14.6. The van der Waals surface area contributed by atoms with Crippen molar-refractivity contribution in [3.63, 3.8) is 0 Å². The number of fused-ring (bicyclic) bond motifs is 2. The van der Waals surface area contributed by atoms with E-state index in [1.807, 2.05) is 6.20 Å². The number of aromatic nitrogens is 3. The van der Waals surface area contributed by atoms with Gasteiger partial charge in [-0.15, -0.1) is 0 Å². The van der Waals surface area contributed by atoms with E-state index in [2.05, 4.69) is 61.1 Å². The molecule has 258 valence electrons. The molecular weight excluding hydrogens is 619 g/mol. The summed E-state index contributed by atoms with van der Waals surface area (Å²) in [4.78, 5) is 41.8. The first kappa shape index (κ1) is 35.6. The number of Topliss-reactive ketones (excluding diaryl/α,β-unsaturated/α-hetero) is 2. The number of aryl methyl sites for hydroxylation is 1. The Bertz CT molecular complexity index is 1600. The maximum absolute atomic E-state index is 13.7. The third kappa shape index (κ3) is 9.05. The van der Waals surface area contributed by atoms with E-state index in [4.69, 9.17) is 9.98 Å². The van der Waals surface area contributed by atoms with E-state index >= 15 is 0 Å². The average Bonchev–Trinajstić information content (AvgIpc) is 3.72. The Morgan fingerprint density at radius 2 is 1.75 bits per heavy atom. The molecule has 0 unspecified atom stereocenters. The second-order valence-electron chi connectivity index (χ2n) is 14.6. The van der Waals surface area contributed by atoms with Crippen LogP contribution in [0.2, 0.25) is 0 Å². The minimum absolute atomic E-state index is 0.123. The van der Waals surface area contributed by atoms with Crippen molar-refractivity contribution >= 4 is 23.0 Å². The van der Waals surface area contributed by atoms with Crippen molar-refractivity contribution in [3.05, 3.63) is 65.4 Å². The number of carbonyl (C=O) groups excluding carboxylic acids is 2. The molecule has 0 bridgehead atoms. The highest BCUT2D eigenvalue weighted by Gasteiger charge is 2.34. The molecule has 8 nitrogen and oxygen atoms in total. The molecule has 6 rings (SSSR count). The average molecular weight is 667 g/mol. The number of carbonyl (C=O) groups is 2. The van der Waals surface area contributed by atoms with Gasteiger partial charge in [0.15, 0.2) is 5.78 Å². The van der Waals surface area contributed by atoms with Crippen LogP contribution >= 0.6 is 0 Å². The first-order chi connectivity index (χ1) is 22.7. The fraction of sp³-hybridized carbons (Fsp3) is 0.541. The summed E-state index contributed by atoms with van der Waals surface area (Å²) in [5.41, 5.74) is 8.61. The smallest absolute Gasteiger partial charge is 0.393 e. The zero-order valence-corrected chi connectivity index (χ0v) is 28.3. The van der Waals surface area contributed by atoms with Gasteiger partial charge in [0.2, 0.25) is 5.78 Å².